The molecule has 0 aliphatic carbocycles. The summed E-state index contributed by atoms with van der Waals surface area (Å²) in [5.41, 5.74) is 3.36. The van der Waals surface area contributed by atoms with Gasteiger partial charge in [-0.1, -0.05) is 121 Å². The Hall–Kier alpha value is -4.50. The molecule has 0 fully saturated rings. The summed E-state index contributed by atoms with van der Waals surface area (Å²) in [4.78, 5) is 9.43. The van der Waals surface area contributed by atoms with Gasteiger partial charge in [-0.25, -0.2) is 0 Å². The number of halogens is 2. The molecule has 0 bridgehead atoms. The van der Waals surface area contributed by atoms with Crippen LogP contribution in [-0.2, 0) is 29.3 Å². The Morgan fingerprint density at radius 3 is 0.943 bits per heavy atom. The molecule has 6 aromatic carbocycles. The predicted octanol–water partition coefficient (Wildman–Crippen LogP) is 9.18. The van der Waals surface area contributed by atoms with Gasteiger partial charge in [0.1, 0.15) is 0 Å². The van der Waals surface area contributed by atoms with Crippen molar-refractivity contribution in [3.05, 3.63) is 193 Å². The van der Waals surface area contributed by atoms with Crippen LogP contribution in [0.2, 0.25) is 0 Å². The summed E-state index contributed by atoms with van der Waals surface area (Å²) in [5, 5.41) is 4.74. The van der Waals surface area contributed by atoms with E-state index in [0.29, 0.717) is 0 Å². The van der Waals surface area contributed by atoms with E-state index in [4.69, 9.17) is 30.2 Å². The summed E-state index contributed by atoms with van der Waals surface area (Å²) in [7, 11) is 5.43. The van der Waals surface area contributed by atoms with Crippen LogP contribution in [0, 0.1) is 0 Å². The third-order valence-corrected chi connectivity index (χ3v) is 14.9. The Balaban J connectivity index is 0.00000155. The zero-order valence-electron chi connectivity index (χ0n) is 28.6. The maximum atomic E-state index is 14.6. The van der Waals surface area contributed by atoms with Crippen LogP contribution in [0.3, 0.4) is 0 Å². The van der Waals surface area contributed by atoms with Gasteiger partial charge >= 0.3 is 33.3 Å². The molecule has 0 aliphatic heterocycles. The molecule has 0 spiro atoms. The van der Waals surface area contributed by atoms with E-state index in [9.17, 15) is 9.13 Å². The molecule has 0 saturated carbocycles. The maximum absolute atomic E-state index is 14.6. The molecule has 7 rings (SSSR count). The number of benzene rings is 6. The molecule has 0 N–H and O–H groups in total. The molecule has 0 radical (unpaired) electrons. The minimum atomic E-state index is -3.04. The van der Waals surface area contributed by atoms with Gasteiger partial charge in [-0.05, 0) is 60.7 Å². The van der Waals surface area contributed by atoms with Crippen molar-refractivity contribution in [3.63, 3.8) is 0 Å². The van der Waals surface area contributed by atoms with Gasteiger partial charge in [-0.2, -0.15) is 0 Å². The Kier molecular flexibility index (Phi) is 13.0. The van der Waals surface area contributed by atoms with E-state index in [2.05, 4.69) is 0 Å². The first kappa shape index (κ1) is 38.2. The van der Waals surface area contributed by atoms with E-state index in [0.717, 1.165) is 54.6 Å². The second-order valence-electron chi connectivity index (χ2n) is 11.9. The molecule has 7 aromatic rings. The van der Waals surface area contributed by atoms with Gasteiger partial charge in [0.2, 0.25) is 0 Å². The number of aromatic nitrogens is 1. The summed E-state index contributed by atoms with van der Waals surface area (Å²) in [6.45, 7) is 0. The molecule has 10 heteroatoms. The first-order valence-electron chi connectivity index (χ1n) is 16.6. The first-order valence-corrected chi connectivity index (χ1v) is 23.1. The number of hydrogen-bond acceptors (Lipinski definition) is 4. The molecule has 5 nitrogen and oxygen atoms in total. The summed E-state index contributed by atoms with van der Waals surface area (Å²) in [6, 6.07) is 57.9. The van der Waals surface area contributed by atoms with Crippen LogP contribution in [0.15, 0.2) is 192 Å². The van der Waals surface area contributed by atoms with Gasteiger partial charge in [0.15, 0.2) is 14.3 Å². The van der Waals surface area contributed by atoms with E-state index in [1.807, 2.05) is 206 Å². The summed E-state index contributed by atoms with van der Waals surface area (Å²) < 4.78 is 31.3. The molecule has 0 unspecified atom stereocenters. The Morgan fingerprint density at radius 2 is 0.679 bits per heavy atom. The molecular formula is C43H35Cl2FeN3O2P2. The molecule has 0 saturated heterocycles. The quantitative estimate of drug-likeness (QED) is 0.0786. The zero-order valence-corrected chi connectivity index (χ0v) is 33.0. The predicted molar refractivity (Wildman–Crippen MR) is 223 cm³/mol. The van der Waals surface area contributed by atoms with Crippen LogP contribution >= 0.6 is 34.5 Å². The van der Waals surface area contributed by atoms with Crippen molar-refractivity contribution in [1.82, 2.24) is 4.57 Å². The summed E-state index contributed by atoms with van der Waals surface area (Å²) in [5.74, 6) is 0. The van der Waals surface area contributed by atoms with Crippen LogP contribution in [0.4, 0.5) is 11.4 Å². The van der Waals surface area contributed by atoms with Crippen molar-refractivity contribution in [2.45, 2.75) is 0 Å². The van der Waals surface area contributed by atoms with Gasteiger partial charge in [0, 0.05) is 38.9 Å². The van der Waals surface area contributed by atoms with Gasteiger partial charge < -0.3 is 13.7 Å². The third-order valence-electron chi connectivity index (χ3n) is 8.80. The van der Waals surface area contributed by atoms with Gasteiger partial charge in [0.25, 0.3) is 0 Å². The van der Waals surface area contributed by atoms with E-state index in [1.165, 1.54) is 0 Å². The fraction of sp³-hybridized carbons (Fsp3) is 0.0233. The zero-order chi connectivity index (χ0) is 37.1. The second kappa shape index (κ2) is 18.0. The third kappa shape index (κ3) is 8.67. The normalized spacial score (nSPS) is 11.8. The van der Waals surface area contributed by atoms with Crippen LogP contribution < -0.4 is 31.8 Å². The van der Waals surface area contributed by atoms with E-state index in [1.54, 1.807) is 0 Å². The van der Waals surface area contributed by atoms with Crippen LogP contribution in [0.5, 0.6) is 0 Å². The summed E-state index contributed by atoms with van der Waals surface area (Å²) in [6.07, 6.45) is 3.64. The summed E-state index contributed by atoms with van der Waals surface area (Å²) >= 11 is 0.194. The van der Waals surface area contributed by atoms with Gasteiger partial charge in [-0.3, -0.25) is 9.98 Å². The van der Waals surface area contributed by atoms with Crippen molar-refractivity contribution in [2.75, 3.05) is 0 Å². The SMILES string of the molecule is Cn1c(C=Nc2ccc(P(=O)(c3ccccc3)c3ccccc3)cc2)ccc1C=Nc1ccc(P(=O)(c2ccccc2)c2ccccc2)cc1.[Cl][Fe][Cl]. The van der Waals surface area contributed by atoms with Crippen LogP contribution in [0.25, 0.3) is 0 Å². The average molecular weight is 814 g/mol. The van der Waals surface area contributed by atoms with Crippen molar-refractivity contribution < 1.29 is 22.3 Å². The van der Waals surface area contributed by atoms with Gasteiger partial charge in [0.05, 0.1) is 35.2 Å². The number of nitrogens with zero attached hydrogens (tertiary/aromatic N) is 3. The Bertz CT molecular complexity index is 2140. The topological polar surface area (TPSA) is 63.8 Å². The van der Waals surface area contributed by atoms with Crippen LogP contribution in [-0.4, -0.2) is 17.0 Å². The Morgan fingerprint density at radius 1 is 0.434 bits per heavy atom. The average Bonchev–Trinajstić information content (AvgIpc) is 3.58. The van der Waals surface area contributed by atoms with E-state index in [-0.39, 0.29) is 13.1 Å². The van der Waals surface area contributed by atoms with Crippen molar-refractivity contribution in [1.29, 1.82) is 0 Å². The molecule has 0 atom stereocenters. The fourth-order valence-electron chi connectivity index (χ4n) is 6.03. The monoisotopic (exact) mass is 813 g/mol. The number of aliphatic imine (C=N–C) groups is 2. The van der Waals surface area contributed by atoms with Crippen molar-refractivity contribution in [2.24, 2.45) is 17.0 Å². The molecule has 1 aromatic heterocycles. The van der Waals surface area contributed by atoms with Gasteiger partial charge in [-0.15, -0.1) is 0 Å². The first-order chi connectivity index (χ1) is 25.9. The molecular weight excluding hydrogens is 779 g/mol. The molecule has 0 aliphatic rings. The number of hydrogen-bond donors (Lipinski definition) is 0. The molecule has 0 amide bonds. The second-order valence-corrected chi connectivity index (χ2v) is 19.3. The fourth-order valence-corrected chi connectivity index (χ4v) is 11.3. The van der Waals surface area contributed by atoms with E-state index >= 15 is 0 Å². The molecule has 53 heavy (non-hydrogen) atoms. The van der Waals surface area contributed by atoms with E-state index < -0.39 is 14.3 Å². The van der Waals surface area contributed by atoms with Crippen molar-refractivity contribution in [3.8, 4) is 0 Å². The minimum absolute atomic E-state index is 0.194. The number of rotatable bonds is 10. The molecule has 266 valence electrons. The standard InChI is InChI=1S/C43H35N3O2P2.2ClH.Fe/c1-46-36(32-44-34-22-28-42(29-23-34)49(47,38-14-6-2-7-15-38)39-16-8-3-9-17-39)26-27-37(46)33-45-35-24-30-43(31-25-35)50(48,40-18-10-4-11-19-40)41-20-12-5-13-21-41;;;/h2-33H,1H3;2*1H;/q;;;+2/p-2. The molecule has 1 heterocycles. The van der Waals surface area contributed by atoms with Crippen LogP contribution in [0.1, 0.15) is 11.4 Å². The van der Waals surface area contributed by atoms with Crippen molar-refractivity contribution >= 4 is 90.1 Å². The Labute approximate surface area is 325 Å².